The van der Waals surface area contributed by atoms with Gasteiger partial charge in [-0.25, -0.2) is 4.98 Å². The number of hydrogen-bond acceptors (Lipinski definition) is 5. The number of benzene rings is 1. The maximum Gasteiger partial charge on any atom is 0.255 e. The molecule has 3 heterocycles. The number of pyridine rings is 2. The number of likely N-dealkylation sites (tertiary alicyclic amines) is 1. The van der Waals surface area contributed by atoms with Gasteiger partial charge in [0.25, 0.3) is 5.91 Å². The number of carbonyl (C=O) groups is 2. The monoisotopic (exact) mass is 457 g/mol. The Balaban J connectivity index is 1.46. The molecule has 1 aromatic carbocycles. The first-order valence-electron chi connectivity index (χ1n) is 11.8. The minimum Gasteiger partial charge on any atom is -0.369 e. The summed E-state index contributed by atoms with van der Waals surface area (Å²) in [5.74, 6) is 0.756. The maximum absolute atomic E-state index is 13.1. The number of piperidine rings is 1. The zero-order valence-electron chi connectivity index (χ0n) is 19.5. The van der Waals surface area contributed by atoms with Crippen LogP contribution < -0.4 is 10.6 Å². The van der Waals surface area contributed by atoms with E-state index in [0.717, 1.165) is 42.8 Å². The quantitative estimate of drug-likeness (QED) is 0.538. The van der Waals surface area contributed by atoms with Gasteiger partial charge in [0.15, 0.2) is 0 Å². The Bertz CT molecular complexity index is 1100. The number of nitrogens with one attached hydrogen (secondary N) is 2. The Morgan fingerprint density at radius 1 is 1.06 bits per heavy atom. The van der Waals surface area contributed by atoms with Gasteiger partial charge in [0.05, 0.1) is 11.3 Å². The lowest BCUT2D eigenvalue weighted by molar-refractivity contribution is -0.130. The molecule has 7 nitrogen and oxygen atoms in total. The van der Waals surface area contributed by atoms with Crippen molar-refractivity contribution in [3.8, 4) is 11.3 Å². The molecule has 1 aliphatic heterocycles. The summed E-state index contributed by atoms with van der Waals surface area (Å²) in [6, 6.07) is 19.5. The van der Waals surface area contributed by atoms with Gasteiger partial charge in [-0.05, 0) is 43.0 Å². The summed E-state index contributed by atoms with van der Waals surface area (Å²) in [6.07, 6.45) is 4.47. The van der Waals surface area contributed by atoms with Crippen molar-refractivity contribution in [2.45, 2.75) is 26.2 Å². The molecule has 2 N–H and O–H groups in total. The predicted molar refractivity (Wildman–Crippen MR) is 133 cm³/mol. The van der Waals surface area contributed by atoms with Crippen molar-refractivity contribution in [1.29, 1.82) is 0 Å². The molecule has 1 unspecified atom stereocenters. The van der Waals surface area contributed by atoms with E-state index >= 15 is 0 Å². The van der Waals surface area contributed by atoms with Gasteiger partial charge >= 0.3 is 0 Å². The zero-order valence-corrected chi connectivity index (χ0v) is 19.5. The van der Waals surface area contributed by atoms with Crippen molar-refractivity contribution in [2.75, 3.05) is 31.5 Å². The number of carbonyl (C=O) groups excluding carboxylic acids is 2. The first-order valence-corrected chi connectivity index (χ1v) is 11.8. The van der Waals surface area contributed by atoms with E-state index < -0.39 is 0 Å². The van der Waals surface area contributed by atoms with Gasteiger partial charge in [-0.3, -0.25) is 14.6 Å². The molecule has 0 spiro atoms. The average molecular weight is 458 g/mol. The van der Waals surface area contributed by atoms with E-state index in [4.69, 9.17) is 4.98 Å². The van der Waals surface area contributed by atoms with Crippen LogP contribution in [0.2, 0.25) is 0 Å². The van der Waals surface area contributed by atoms with Crippen molar-refractivity contribution in [3.63, 3.8) is 0 Å². The Hall–Kier alpha value is -3.74. The summed E-state index contributed by atoms with van der Waals surface area (Å²) in [4.78, 5) is 35.8. The van der Waals surface area contributed by atoms with E-state index in [9.17, 15) is 9.59 Å². The van der Waals surface area contributed by atoms with Crippen LogP contribution >= 0.6 is 0 Å². The summed E-state index contributed by atoms with van der Waals surface area (Å²) in [6.45, 7) is 4.24. The molecular weight excluding hydrogens is 426 g/mol. The molecule has 0 saturated carbocycles. The molecule has 34 heavy (non-hydrogen) atoms. The van der Waals surface area contributed by atoms with Gasteiger partial charge < -0.3 is 15.5 Å². The van der Waals surface area contributed by atoms with Crippen LogP contribution in [0.5, 0.6) is 0 Å². The fourth-order valence-corrected chi connectivity index (χ4v) is 4.25. The zero-order chi connectivity index (χ0) is 23.8. The SMILES string of the molecule is CC(=O)N1CCCC(CNC(=O)c2ccc(-c3ccccc3)nc2NCCc2ccccn2)C1. The van der Waals surface area contributed by atoms with Crippen molar-refractivity contribution >= 4 is 17.6 Å². The van der Waals surface area contributed by atoms with Crippen LogP contribution in [0.25, 0.3) is 11.3 Å². The fourth-order valence-electron chi connectivity index (χ4n) is 4.25. The lowest BCUT2D eigenvalue weighted by Gasteiger charge is -2.32. The van der Waals surface area contributed by atoms with Gasteiger partial charge in [-0.15, -0.1) is 0 Å². The standard InChI is InChI=1S/C27H31N5O2/c1-20(33)32-17-7-8-21(19-32)18-30-27(34)24-12-13-25(22-9-3-2-4-10-22)31-26(24)29-16-14-23-11-5-6-15-28-23/h2-6,9-13,15,21H,7-8,14,16-19H2,1H3,(H,29,31)(H,30,34). The van der Waals surface area contributed by atoms with E-state index in [1.165, 1.54) is 0 Å². The molecule has 1 fully saturated rings. The van der Waals surface area contributed by atoms with Crippen molar-refractivity contribution < 1.29 is 9.59 Å². The van der Waals surface area contributed by atoms with Crippen LogP contribution in [-0.4, -0.2) is 52.9 Å². The van der Waals surface area contributed by atoms with E-state index in [0.29, 0.717) is 31.0 Å². The van der Waals surface area contributed by atoms with Crippen LogP contribution in [0.3, 0.4) is 0 Å². The highest BCUT2D eigenvalue weighted by Crippen LogP contribution is 2.22. The second kappa shape index (κ2) is 11.4. The lowest BCUT2D eigenvalue weighted by atomic mass is 9.98. The van der Waals surface area contributed by atoms with Crippen LogP contribution in [0.15, 0.2) is 66.9 Å². The maximum atomic E-state index is 13.1. The molecule has 4 rings (SSSR count). The minimum atomic E-state index is -0.160. The highest BCUT2D eigenvalue weighted by Gasteiger charge is 2.23. The topological polar surface area (TPSA) is 87.2 Å². The van der Waals surface area contributed by atoms with E-state index in [-0.39, 0.29) is 17.7 Å². The number of anilines is 1. The second-order valence-electron chi connectivity index (χ2n) is 8.64. The third-order valence-electron chi connectivity index (χ3n) is 6.12. The summed E-state index contributed by atoms with van der Waals surface area (Å²) >= 11 is 0. The highest BCUT2D eigenvalue weighted by atomic mass is 16.2. The van der Waals surface area contributed by atoms with Crippen LogP contribution in [-0.2, 0) is 11.2 Å². The molecule has 1 atom stereocenters. The summed E-state index contributed by atoms with van der Waals surface area (Å²) in [7, 11) is 0. The summed E-state index contributed by atoms with van der Waals surface area (Å²) in [5.41, 5.74) is 3.29. The van der Waals surface area contributed by atoms with Gasteiger partial charge in [0.2, 0.25) is 5.91 Å². The number of hydrogen-bond donors (Lipinski definition) is 2. The summed E-state index contributed by atoms with van der Waals surface area (Å²) in [5, 5.41) is 6.41. The summed E-state index contributed by atoms with van der Waals surface area (Å²) < 4.78 is 0. The predicted octanol–water partition coefficient (Wildman–Crippen LogP) is 3.79. The Labute approximate surface area is 200 Å². The molecule has 176 valence electrons. The Kier molecular flexibility index (Phi) is 7.86. The molecule has 7 heteroatoms. The second-order valence-corrected chi connectivity index (χ2v) is 8.64. The van der Waals surface area contributed by atoms with Crippen molar-refractivity contribution in [3.05, 3.63) is 78.1 Å². The first-order chi connectivity index (χ1) is 16.6. The average Bonchev–Trinajstić information content (AvgIpc) is 2.88. The fraction of sp³-hybridized carbons (Fsp3) is 0.333. The third kappa shape index (κ3) is 6.19. The molecule has 2 aromatic heterocycles. The smallest absolute Gasteiger partial charge is 0.255 e. The van der Waals surface area contributed by atoms with E-state index in [2.05, 4.69) is 15.6 Å². The third-order valence-corrected chi connectivity index (χ3v) is 6.12. The number of amides is 2. The van der Waals surface area contributed by atoms with Gasteiger partial charge in [0, 0.05) is 57.0 Å². The van der Waals surface area contributed by atoms with Gasteiger partial charge in [0.1, 0.15) is 5.82 Å². The highest BCUT2D eigenvalue weighted by molar-refractivity contribution is 5.99. The number of aromatic nitrogens is 2. The first kappa shape index (κ1) is 23.4. The van der Waals surface area contributed by atoms with Crippen molar-refractivity contribution in [1.82, 2.24) is 20.2 Å². The molecule has 3 aromatic rings. The lowest BCUT2D eigenvalue weighted by Crippen LogP contribution is -2.42. The minimum absolute atomic E-state index is 0.0936. The molecule has 1 saturated heterocycles. The molecule has 0 aliphatic carbocycles. The van der Waals surface area contributed by atoms with E-state index in [1.807, 2.05) is 65.6 Å². The van der Waals surface area contributed by atoms with Crippen LogP contribution in [0.4, 0.5) is 5.82 Å². The Morgan fingerprint density at radius 3 is 2.65 bits per heavy atom. The molecule has 2 amide bonds. The Morgan fingerprint density at radius 2 is 1.88 bits per heavy atom. The van der Waals surface area contributed by atoms with Crippen LogP contribution in [0, 0.1) is 5.92 Å². The largest absolute Gasteiger partial charge is 0.369 e. The number of rotatable bonds is 8. The number of nitrogens with zero attached hydrogens (tertiary/aromatic N) is 3. The molecular formula is C27H31N5O2. The van der Waals surface area contributed by atoms with Gasteiger partial charge in [-0.2, -0.15) is 0 Å². The van der Waals surface area contributed by atoms with Crippen molar-refractivity contribution in [2.24, 2.45) is 5.92 Å². The normalized spacial score (nSPS) is 15.6. The molecule has 1 aliphatic rings. The van der Waals surface area contributed by atoms with Gasteiger partial charge in [-0.1, -0.05) is 36.4 Å². The molecule has 0 bridgehead atoms. The molecule has 0 radical (unpaired) electrons. The van der Waals surface area contributed by atoms with E-state index in [1.54, 1.807) is 13.1 Å². The van der Waals surface area contributed by atoms with Crippen LogP contribution in [0.1, 0.15) is 35.8 Å².